The van der Waals surface area contributed by atoms with Gasteiger partial charge >= 0.3 is 0 Å². The number of benzene rings is 1. The van der Waals surface area contributed by atoms with E-state index in [1.165, 1.54) is 0 Å². The summed E-state index contributed by atoms with van der Waals surface area (Å²) in [5, 5.41) is 11.3. The smallest absolute Gasteiger partial charge is 0.163 e. The summed E-state index contributed by atoms with van der Waals surface area (Å²) in [4.78, 5) is 7.21. The van der Waals surface area contributed by atoms with E-state index < -0.39 is 0 Å². The van der Waals surface area contributed by atoms with E-state index in [0.717, 1.165) is 22.9 Å². The zero-order chi connectivity index (χ0) is 13.1. The molecule has 6 heteroatoms. The van der Waals surface area contributed by atoms with Crippen LogP contribution in [0.25, 0.3) is 11.4 Å². The van der Waals surface area contributed by atoms with Gasteiger partial charge in [-0.25, -0.2) is 4.98 Å². The van der Waals surface area contributed by atoms with Crippen LogP contribution < -0.4 is 5.32 Å². The molecule has 3 aromatic rings. The van der Waals surface area contributed by atoms with E-state index in [2.05, 4.69) is 25.5 Å². The van der Waals surface area contributed by atoms with Crippen LogP contribution in [-0.4, -0.2) is 24.7 Å². The lowest BCUT2D eigenvalue weighted by Gasteiger charge is -2.06. The number of nitrogens with zero attached hydrogens (tertiary/aromatic N) is 4. The monoisotopic (exact) mass is 254 g/mol. The van der Waals surface area contributed by atoms with Crippen molar-refractivity contribution in [3.63, 3.8) is 0 Å². The van der Waals surface area contributed by atoms with E-state index in [9.17, 15) is 0 Å². The van der Waals surface area contributed by atoms with Crippen molar-refractivity contribution in [3.8, 4) is 11.4 Å². The normalized spacial score (nSPS) is 10.6. The average molecular weight is 254 g/mol. The number of hydrogen-bond acceptors (Lipinski definition) is 4. The third-order valence-corrected chi connectivity index (χ3v) is 2.87. The minimum atomic E-state index is 0.677. The third kappa shape index (κ3) is 2.47. The highest BCUT2D eigenvalue weighted by molar-refractivity contribution is 5.59. The molecular weight excluding hydrogens is 240 g/mol. The standard InChI is InChI=1S/C13H14N6/c1-19-9-17-18-13(19)10-2-4-11(5-3-10)16-8-12-14-6-7-15-12/h2-7,9,16H,8H2,1H3,(H,14,15). The molecule has 0 amide bonds. The van der Waals surface area contributed by atoms with Gasteiger partial charge in [-0.1, -0.05) is 0 Å². The van der Waals surface area contributed by atoms with Crippen molar-refractivity contribution in [1.82, 2.24) is 24.7 Å². The minimum Gasteiger partial charge on any atom is -0.378 e. The number of aromatic nitrogens is 5. The largest absolute Gasteiger partial charge is 0.378 e. The molecule has 3 rings (SSSR count). The average Bonchev–Trinajstić information content (AvgIpc) is 3.08. The Morgan fingerprint density at radius 2 is 2.11 bits per heavy atom. The Kier molecular flexibility index (Phi) is 2.97. The fourth-order valence-electron chi connectivity index (χ4n) is 1.86. The van der Waals surface area contributed by atoms with Gasteiger partial charge in [0.2, 0.25) is 0 Å². The van der Waals surface area contributed by atoms with Crippen LogP contribution in [0.15, 0.2) is 43.0 Å². The van der Waals surface area contributed by atoms with Gasteiger partial charge in [0.15, 0.2) is 5.82 Å². The van der Waals surface area contributed by atoms with E-state index >= 15 is 0 Å². The molecule has 19 heavy (non-hydrogen) atoms. The first-order chi connectivity index (χ1) is 9.33. The maximum absolute atomic E-state index is 4.16. The molecule has 0 radical (unpaired) electrons. The maximum Gasteiger partial charge on any atom is 0.163 e. The third-order valence-electron chi connectivity index (χ3n) is 2.87. The van der Waals surface area contributed by atoms with Crippen LogP contribution in [0, 0.1) is 0 Å². The number of hydrogen-bond donors (Lipinski definition) is 2. The van der Waals surface area contributed by atoms with Gasteiger partial charge in [0.25, 0.3) is 0 Å². The number of rotatable bonds is 4. The van der Waals surface area contributed by atoms with Crippen molar-refractivity contribution < 1.29 is 0 Å². The summed E-state index contributed by atoms with van der Waals surface area (Å²) in [6, 6.07) is 8.09. The van der Waals surface area contributed by atoms with Gasteiger partial charge in [0.1, 0.15) is 12.2 Å². The summed E-state index contributed by atoms with van der Waals surface area (Å²) >= 11 is 0. The molecule has 0 unspecified atom stereocenters. The van der Waals surface area contributed by atoms with Gasteiger partial charge in [-0.15, -0.1) is 10.2 Å². The van der Waals surface area contributed by atoms with E-state index in [1.807, 2.05) is 42.1 Å². The molecule has 0 atom stereocenters. The zero-order valence-electron chi connectivity index (χ0n) is 10.5. The molecule has 0 aliphatic heterocycles. The van der Waals surface area contributed by atoms with Gasteiger partial charge in [-0.2, -0.15) is 0 Å². The number of aryl methyl sites for hydroxylation is 1. The van der Waals surface area contributed by atoms with Crippen LogP contribution in [0.2, 0.25) is 0 Å². The molecule has 0 aliphatic carbocycles. The fraction of sp³-hybridized carbons (Fsp3) is 0.154. The predicted molar refractivity (Wildman–Crippen MR) is 72.4 cm³/mol. The van der Waals surface area contributed by atoms with Crippen LogP contribution in [0.3, 0.4) is 0 Å². The van der Waals surface area contributed by atoms with Crippen LogP contribution in [-0.2, 0) is 13.6 Å². The SMILES string of the molecule is Cn1cnnc1-c1ccc(NCc2ncc[nH]2)cc1. The Balaban J connectivity index is 1.71. The number of aromatic amines is 1. The maximum atomic E-state index is 4.16. The molecule has 0 fully saturated rings. The summed E-state index contributed by atoms with van der Waals surface area (Å²) in [6.07, 6.45) is 5.25. The quantitative estimate of drug-likeness (QED) is 0.745. The van der Waals surface area contributed by atoms with Crippen LogP contribution in [0.1, 0.15) is 5.82 Å². The van der Waals surface area contributed by atoms with Gasteiger partial charge in [0, 0.05) is 30.7 Å². The summed E-state index contributed by atoms with van der Waals surface area (Å²) < 4.78 is 1.89. The van der Waals surface area contributed by atoms with Gasteiger partial charge in [-0.3, -0.25) is 0 Å². The molecule has 1 aromatic carbocycles. The van der Waals surface area contributed by atoms with E-state index in [1.54, 1.807) is 12.5 Å². The molecule has 2 heterocycles. The van der Waals surface area contributed by atoms with Crippen molar-refractivity contribution in [1.29, 1.82) is 0 Å². The van der Waals surface area contributed by atoms with E-state index in [-0.39, 0.29) is 0 Å². The molecule has 2 aromatic heterocycles. The highest BCUT2D eigenvalue weighted by atomic mass is 15.2. The fourth-order valence-corrected chi connectivity index (χ4v) is 1.86. The Bertz CT molecular complexity index is 638. The highest BCUT2D eigenvalue weighted by Gasteiger charge is 2.04. The Morgan fingerprint density at radius 3 is 2.74 bits per heavy atom. The van der Waals surface area contributed by atoms with Crippen LogP contribution >= 0.6 is 0 Å². The molecule has 0 saturated heterocycles. The first-order valence-corrected chi connectivity index (χ1v) is 5.99. The molecule has 0 spiro atoms. The van der Waals surface area contributed by atoms with E-state index in [4.69, 9.17) is 0 Å². The second-order valence-corrected chi connectivity index (χ2v) is 4.23. The lowest BCUT2D eigenvalue weighted by Crippen LogP contribution is -2.01. The first kappa shape index (κ1) is 11.5. The second-order valence-electron chi connectivity index (χ2n) is 4.23. The van der Waals surface area contributed by atoms with Crippen molar-refractivity contribution in [3.05, 3.63) is 48.8 Å². The Labute approximate surface area is 110 Å². The molecule has 0 bridgehead atoms. The van der Waals surface area contributed by atoms with Crippen LogP contribution in [0.4, 0.5) is 5.69 Å². The first-order valence-electron chi connectivity index (χ1n) is 5.99. The minimum absolute atomic E-state index is 0.677. The summed E-state index contributed by atoms with van der Waals surface area (Å²) in [5.41, 5.74) is 2.09. The zero-order valence-corrected chi connectivity index (χ0v) is 10.5. The highest BCUT2D eigenvalue weighted by Crippen LogP contribution is 2.18. The predicted octanol–water partition coefficient (Wildman–Crippen LogP) is 1.82. The lowest BCUT2D eigenvalue weighted by atomic mass is 10.2. The number of H-pyrrole nitrogens is 1. The van der Waals surface area contributed by atoms with Crippen LogP contribution in [0.5, 0.6) is 0 Å². The molecule has 0 aliphatic rings. The lowest BCUT2D eigenvalue weighted by molar-refractivity contribution is 0.919. The van der Waals surface area contributed by atoms with Gasteiger partial charge in [0.05, 0.1) is 6.54 Å². The molecule has 2 N–H and O–H groups in total. The Hall–Kier alpha value is -2.63. The summed E-state index contributed by atoms with van der Waals surface area (Å²) in [6.45, 7) is 0.677. The molecule has 96 valence electrons. The van der Waals surface area contributed by atoms with Crippen molar-refractivity contribution >= 4 is 5.69 Å². The summed E-state index contributed by atoms with van der Waals surface area (Å²) in [7, 11) is 1.93. The molecule has 6 nitrogen and oxygen atoms in total. The van der Waals surface area contributed by atoms with Crippen molar-refractivity contribution in [2.75, 3.05) is 5.32 Å². The number of nitrogens with one attached hydrogen (secondary N) is 2. The number of anilines is 1. The van der Waals surface area contributed by atoms with E-state index in [0.29, 0.717) is 6.54 Å². The van der Waals surface area contributed by atoms with Crippen molar-refractivity contribution in [2.45, 2.75) is 6.54 Å². The van der Waals surface area contributed by atoms with Gasteiger partial charge < -0.3 is 14.9 Å². The molecular formula is C13H14N6. The van der Waals surface area contributed by atoms with Gasteiger partial charge in [-0.05, 0) is 24.3 Å². The molecule has 0 saturated carbocycles. The summed E-state index contributed by atoms with van der Waals surface area (Å²) in [5.74, 6) is 1.77. The second kappa shape index (κ2) is 4.93. The van der Waals surface area contributed by atoms with Crippen molar-refractivity contribution in [2.24, 2.45) is 7.05 Å². The Morgan fingerprint density at radius 1 is 1.26 bits per heavy atom. The topological polar surface area (TPSA) is 71.4 Å². The number of imidazole rings is 1.